The summed E-state index contributed by atoms with van der Waals surface area (Å²) in [7, 11) is 0. The van der Waals surface area contributed by atoms with Gasteiger partial charge in [0, 0.05) is 6.20 Å². The summed E-state index contributed by atoms with van der Waals surface area (Å²) in [6.07, 6.45) is 3.34. The molecular weight excluding hydrogens is 334 g/mol. The molecule has 1 N–H and O–H groups in total. The molecule has 1 aromatic heterocycles. The highest BCUT2D eigenvalue weighted by Crippen LogP contribution is 2.22. The maximum Gasteiger partial charge on any atom is 0.255 e. The van der Waals surface area contributed by atoms with Gasteiger partial charge in [0.25, 0.3) is 5.91 Å². The average Bonchev–Trinajstić information content (AvgIpc) is 3.24. The van der Waals surface area contributed by atoms with E-state index >= 15 is 0 Å². The molecule has 0 bridgehead atoms. The van der Waals surface area contributed by atoms with Crippen LogP contribution in [-0.4, -0.2) is 15.7 Å². The molecule has 132 valence electrons. The lowest BCUT2D eigenvalue weighted by Crippen LogP contribution is -2.29. The van der Waals surface area contributed by atoms with Gasteiger partial charge in [0.15, 0.2) is 0 Å². The van der Waals surface area contributed by atoms with Crippen LogP contribution >= 0.6 is 0 Å². The Bertz CT molecular complexity index is 972. The van der Waals surface area contributed by atoms with Crippen molar-refractivity contribution in [3.63, 3.8) is 0 Å². The second-order valence-corrected chi connectivity index (χ2v) is 6.24. The summed E-state index contributed by atoms with van der Waals surface area (Å²) in [5, 5.41) is 7.45. The summed E-state index contributed by atoms with van der Waals surface area (Å²) in [4.78, 5) is 12.9. The molecule has 3 aromatic carbocycles. The van der Waals surface area contributed by atoms with Gasteiger partial charge in [0.1, 0.15) is 0 Å². The highest BCUT2D eigenvalue weighted by molar-refractivity contribution is 5.94. The molecule has 0 spiro atoms. The van der Waals surface area contributed by atoms with Gasteiger partial charge in [0.05, 0.1) is 23.5 Å². The minimum absolute atomic E-state index is 0.158. The normalized spacial score (nSPS) is 10.7. The zero-order valence-corrected chi connectivity index (χ0v) is 14.7. The van der Waals surface area contributed by atoms with E-state index in [0.717, 1.165) is 16.8 Å². The summed E-state index contributed by atoms with van der Waals surface area (Å²) in [6, 6.07) is 29.4. The number of benzene rings is 3. The number of carbonyl (C=O) groups excluding carboxylic acids is 1. The number of nitrogens with one attached hydrogen (secondary N) is 1. The van der Waals surface area contributed by atoms with Crippen LogP contribution in [0.3, 0.4) is 0 Å². The summed E-state index contributed by atoms with van der Waals surface area (Å²) in [5.74, 6) is -0.158. The maximum atomic E-state index is 12.9. The van der Waals surface area contributed by atoms with Crippen LogP contribution in [0.2, 0.25) is 0 Å². The lowest BCUT2D eigenvalue weighted by molar-refractivity contribution is 0.0943. The molecule has 0 aliphatic carbocycles. The van der Waals surface area contributed by atoms with Crippen molar-refractivity contribution in [2.45, 2.75) is 6.04 Å². The third kappa shape index (κ3) is 3.80. The molecular formula is C23H19N3O. The first kappa shape index (κ1) is 16.8. The molecule has 0 unspecified atom stereocenters. The number of carbonyl (C=O) groups is 1. The van der Waals surface area contributed by atoms with Crippen LogP contribution < -0.4 is 5.32 Å². The SMILES string of the molecule is O=C(NC(c1ccccc1)c1ccccc1)c1cnn(-c2ccccc2)c1. The Morgan fingerprint density at radius 3 is 1.85 bits per heavy atom. The number of hydrogen-bond donors (Lipinski definition) is 1. The van der Waals surface area contributed by atoms with E-state index in [2.05, 4.69) is 10.4 Å². The molecule has 0 radical (unpaired) electrons. The lowest BCUT2D eigenvalue weighted by atomic mass is 9.98. The number of hydrogen-bond acceptors (Lipinski definition) is 2. The van der Waals surface area contributed by atoms with Gasteiger partial charge in [-0.3, -0.25) is 4.79 Å². The molecule has 4 rings (SSSR count). The van der Waals surface area contributed by atoms with Crippen molar-refractivity contribution in [2.24, 2.45) is 0 Å². The first-order valence-electron chi connectivity index (χ1n) is 8.82. The van der Waals surface area contributed by atoms with Gasteiger partial charge >= 0.3 is 0 Å². The molecule has 0 aliphatic heterocycles. The molecule has 0 saturated carbocycles. The second-order valence-electron chi connectivity index (χ2n) is 6.24. The Kier molecular flexibility index (Phi) is 4.79. The zero-order chi connectivity index (χ0) is 18.5. The minimum Gasteiger partial charge on any atom is -0.341 e. The van der Waals surface area contributed by atoms with Crippen LogP contribution in [0.4, 0.5) is 0 Å². The topological polar surface area (TPSA) is 46.9 Å². The Hall–Kier alpha value is -3.66. The van der Waals surface area contributed by atoms with E-state index in [1.54, 1.807) is 17.1 Å². The first-order chi connectivity index (χ1) is 13.3. The molecule has 4 aromatic rings. The van der Waals surface area contributed by atoms with Crippen molar-refractivity contribution in [3.8, 4) is 5.69 Å². The third-order valence-electron chi connectivity index (χ3n) is 4.41. The maximum absolute atomic E-state index is 12.9. The summed E-state index contributed by atoms with van der Waals surface area (Å²) >= 11 is 0. The highest BCUT2D eigenvalue weighted by atomic mass is 16.1. The monoisotopic (exact) mass is 353 g/mol. The number of amides is 1. The molecule has 0 fully saturated rings. The predicted octanol–water partition coefficient (Wildman–Crippen LogP) is 4.39. The van der Waals surface area contributed by atoms with Gasteiger partial charge in [-0.15, -0.1) is 0 Å². The number of nitrogens with zero attached hydrogens (tertiary/aromatic N) is 2. The van der Waals surface area contributed by atoms with Gasteiger partial charge in [-0.05, 0) is 23.3 Å². The Labute approximate surface area is 158 Å². The Balaban J connectivity index is 1.60. The zero-order valence-electron chi connectivity index (χ0n) is 14.7. The van der Waals surface area contributed by atoms with E-state index in [0.29, 0.717) is 5.56 Å². The average molecular weight is 353 g/mol. The van der Waals surface area contributed by atoms with E-state index in [1.165, 1.54) is 0 Å². The van der Waals surface area contributed by atoms with Gasteiger partial charge in [-0.25, -0.2) is 4.68 Å². The third-order valence-corrected chi connectivity index (χ3v) is 4.41. The fourth-order valence-corrected chi connectivity index (χ4v) is 3.03. The predicted molar refractivity (Wildman–Crippen MR) is 106 cm³/mol. The largest absolute Gasteiger partial charge is 0.341 e. The second kappa shape index (κ2) is 7.70. The molecule has 0 aliphatic rings. The molecule has 1 heterocycles. The smallest absolute Gasteiger partial charge is 0.255 e. The number of para-hydroxylation sites is 1. The van der Waals surface area contributed by atoms with Crippen LogP contribution in [0.25, 0.3) is 5.69 Å². The van der Waals surface area contributed by atoms with Crippen molar-refractivity contribution in [2.75, 3.05) is 0 Å². The van der Waals surface area contributed by atoms with Gasteiger partial charge in [-0.1, -0.05) is 78.9 Å². The van der Waals surface area contributed by atoms with Gasteiger partial charge < -0.3 is 5.32 Å². The standard InChI is InChI=1S/C23H19N3O/c27-23(20-16-24-26(17-20)21-14-8-3-9-15-21)25-22(18-10-4-1-5-11-18)19-12-6-2-7-13-19/h1-17,22H,(H,25,27). The molecule has 27 heavy (non-hydrogen) atoms. The van der Waals surface area contributed by atoms with Crippen molar-refractivity contribution in [1.82, 2.24) is 15.1 Å². The minimum atomic E-state index is -0.222. The fourth-order valence-electron chi connectivity index (χ4n) is 3.03. The number of rotatable bonds is 5. The highest BCUT2D eigenvalue weighted by Gasteiger charge is 2.18. The molecule has 4 nitrogen and oxygen atoms in total. The lowest BCUT2D eigenvalue weighted by Gasteiger charge is -2.19. The Morgan fingerprint density at radius 1 is 0.778 bits per heavy atom. The van der Waals surface area contributed by atoms with Gasteiger partial charge in [0.2, 0.25) is 0 Å². The van der Waals surface area contributed by atoms with Crippen molar-refractivity contribution < 1.29 is 4.79 Å². The van der Waals surface area contributed by atoms with Gasteiger partial charge in [-0.2, -0.15) is 5.10 Å². The molecule has 1 amide bonds. The van der Waals surface area contributed by atoms with Crippen LogP contribution in [-0.2, 0) is 0 Å². The van der Waals surface area contributed by atoms with E-state index in [4.69, 9.17) is 0 Å². The van der Waals surface area contributed by atoms with Crippen LogP contribution in [0.15, 0.2) is 103 Å². The van der Waals surface area contributed by atoms with Crippen molar-refractivity contribution >= 4 is 5.91 Å². The van der Waals surface area contributed by atoms with Crippen molar-refractivity contribution in [1.29, 1.82) is 0 Å². The van der Waals surface area contributed by atoms with Crippen LogP contribution in [0, 0.1) is 0 Å². The van der Waals surface area contributed by atoms with E-state index in [1.807, 2.05) is 91.0 Å². The fraction of sp³-hybridized carbons (Fsp3) is 0.0435. The molecule has 0 saturated heterocycles. The Morgan fingerprint density at radius 2 is 1.30 bits per heavy atom. The summed E-state index contributed by atoms with van der Waals surface area (Å²) < 4.78 is 1.70. The first-order valence-corrected chi connectivity index (χ1v) is 8.82. The summed E-state index contributed by atoms with van der Waals surface area (Å²) in [6.45, 7) is 0. The summed E-state index contributed by atoms with van der Waals surface area (Å²) in [5.41, 5.74) is 3.51. The molecule has 0 atom stereocenters. The quantitative estimate of drug-likeness (QED) is 0.578. The van der Waals surface area contributed by atoms with Crippen molar-refractivity contribution in [3.05, 3.63) is 120 Å². The van der Waals surface area contributed by atoms with E-state index in [-0.39, 0.29) is 11.9 Å². The molecule has 4 heteroatoms. The van der Waals surface area contributed by atoms with Crippen LogP contribution in [0.1, 0.15) is 27.5 Å². The van der Waals surface area contributed by atoms with E-state index < -0.39 is 0 Å². The van der Waals surface area contributed by atoms with E-state index in [9.17, 15) is 4.79 Å². The number of aromatic nitrogens is 2. The van der Waals surface area contributed by atoms with Crippen LogP contribution in [0.5, 0.6) is 0 Å².